The van der Waals surface area contributed by atoms with Crippen molar-refractivity contribution in [3.8, 4) is 11.5 Å². The first-order valence-corrected chi connectivity index (χ1v) is 6.34. The lowest BCUT2D eigenvalue weighted by Crippen LogP contribution is -2.14. The van der Waals surface area contributed by atoms with E-state index in [0.717, 1.165) is 5.56 Å². The molecule has 0 aliphatic heterocycles. The summed E-state index contributed by atoms with van der Waals surface area (Å²) in [6.07, 6.45) is 1.74. The largest absolute Gasteiger partial charge is 0.493 e. The number of rotatable bonds is 5. The number of carbonyl (C=O) groups is 1. The summed E-state index contributed by atoms with van der Waals surface area (Å²) in [5.41, 5.74) is 6.92. The summed E-state index contributed by atoms with van der Waals surface area (Å²) in [6.45, 7) is 0. The van der Waals surface area contributed by atoms with Gasteiger partial charge in [0.05, 0.1) is 32.5 Å². The summed E-state index contributed by atoms with van der Waals surface area (Å²) in [7, 11) is 3.13. The smallest absolute Gasteiger partial charge is 0.228 e. The highest BCUT2D eigenvalue weighted by Crippen LogP contribution is 2.27. The van der Waals surface area contributed by atoms with Gasteiger partial charge in [0.2, 0.25) is 5.91 Å². The number of pyridine rings is 1. The van der Waals surface area contributed by atoms with Gasteiger partial charge in [-0.05, 0) is 29.8 Å². The lowest BCUT2D eigenvalue weighted by molar-refractivity contribution is -0.115. The Bertz CT molecular complexity index is 627. The fourth-order valence-corrected chi connectivity index (χ4v) is 1.86. The Morgan fingerprint density at radius 3 is 2.57 bits per heavy atom. The molecule has 0 spiro atoms. The van der Waals surface area contributed by atoms with Gasteiger partial charge in [-0.15, -0.1) is 0 Å². The van der Waals surface area contributed by atoms with E-state index in [9.17, 15) is 4.79 Å². The van der Waals surface area contributed by atoms with Gasteiger partial charge in [0.15, 0.2) is 11.5 Å². The van der Waals surface area contributed by atoms with Gasteiger partial charge in [-0.3, -0.25) is 4.79 Å². The Morgan fingerprint density at radius 1 is 1.19 bits per heavy atom. The topological polar surface area (TPSA) is 86.5 Å². The van der Waals surface area contributed by atoms with Gasteiger partial charge in [0.1, 0.15) is 5.82 Å². The van der Waals surface area contributed by atoms with Crippen molar-refractivity contribution in [2.75, 3.05) is 25.3 Å². The first-order valence-electron chi connectivity index (χ1n) is 6.34. The molecule has 2 rings (SSSR count). The number of nitrogens with two attached hydrogens (primary N) is 1. The maximum atomic E-state index is 12.0. The number of hydrogen-bond donors (Lipinski definition) is 2. The SMILES string of the molecule is COc1ccc(CC(=O)Nc2ccc(N)nc2)cc1OC. The zero-order chi connectivity index (χ0) is 15.2. The van der Waals surface area contributed by atoms with E-state index in [1.807, 2.05) is 6.07 Å². The highest BCUT2D eigenvalue weighted by Gasteiger charge is 2.08. The highest BCUT2D eigenvalue weighted by atomic mass is 16.5. The fourth-order valence-electron chi connectivity index (χ4n) is 1.86. The zero-order valence-electron chi connectivity index (χ0n) is 11.9. The number of methoxy groups -OCH3 is 2. The molecule has 0 saturated carbocycles. The van der Waals surface area contributed by atoms with E-state index in [2.05, 4.69) is 10.3 Å². The van der Waals surface area contributed by atoms with Gasteiger partial charge in [0, 0.05) is 0 Å². The second-order valence-electron chi connectivity index (χ2n) is 4.39. The molecule has 6 heteroatoms. The number of amides is 1. The number of aromatic nitrogens is 1. The molecule has 2 aromatic rings. The van der Waals surface area contributed by atoms with Crippen molar-refractivity contribution in [1.29, 1.82) is 0 Å². The maximum absolute atomic E-state index is 12.0. The summed E-state index contributed by atoms with van der Waals surface area (Å²) in [6, 6.07) is 8.70. The molecule has 0 fully saturated rings. The predicted molar refractivity (Wildman–Crippen MR) is 80.5 cm³/mol. The summed E-state index contributed by atoms with van der Waals surface area (Å²) in [5.74, 6) is 1.49. The summed E-state index contributed by atoms with van der Waals surface area (Å²) < 4.78 is 10.4. The molecule has 21 heavy (non-hydrogen) atoms. The van der Waals surface area contributed by atoms with Crippen LogP contribution in [0.3, 0.4) is 0 Å². The van der Waals surface area contributed by atoms with Crippen LogP contribution in [0.15, 0.2) is 36.5 Å². The van der Waals surface area contributed by atoms with Crippen LogP contribution in [0.4, 0.5) is 11.5 Å². The van der Waals surface area contributed by atoms with Gasteiger partial charge < -0.3 is 20.5 Å². The number of ether oxygens (including phenoxy) is 2. The standard InChI is InChI=1S/C15H17N3O3/c1-20-12-5-3-10(7-13(12)21-2)8-15(19)18-11-4-6-14(16)17-9-11/h3-7,9H,8H2,1-2H3,(H2,16,17)(H,18,19). The van der Waals surface area contributed by atoms with Crippen LogP contribution in [0.25, 0.3) is 0 Å². The molecule has 6 nitrogen and oxygen atoms in total. The van der Waals surface area contributed by atoms with Gasteiger partial charge >= 0.3 is 0 Å². The van der Waals surface area contributed by atoms with E-state index >= 15 is 0 Å². The fraction of sp³-hybridized carbons (Fsp3) is 0.200. The van der Waals surface area contributed by atoms with Crippen molar-refractivity contribution < 1.29 is 14.3 Å². The molecule has 0 radical (unpaired) electrons. The van der Waals surface area contributed by atoms with Crippen molar-refractivity contribution in [3.05, 3.63) is 42.1 Å². The molecule has 110 valence electrons. The minimum Gasteiger partial charge on any atom is -0.493 e. The zero-order valence-corrected chi connectivity index (χ0v) is 11.9. The van der Waals surface area contributed by atoms with E-state index in [1.165, 1.54) is 6.20 Å². The summed E-state index contributed by atoms with van der Waals surface area (Å²) in [4.78, 5) is 15.9. The molecular formula is C15H17N3O3. The molecule has 3 N–H and O–H groups in total. The second kappa shape index (κ2) is 6.60. The number of hydrogen-bond acceptors (Lipinski definition) is 5. The molecule has 0 aliphatic carbocycles. The van der Waals surface area contributed by atoms with Crippen molar-refractivity contribution in [2.24, 2.45) is 0 Å². The van der Waals surface area contributed by atoms with E-state index in [1.54, 1.807) is 38.5 Å². The van der Waals surface area contributed by atoms with Crippen LogP contribution in [0.5, 0.6) is 11.5 Å². The van der Waals surface area contributed by atoms with Crippen LogP contribution in [0, 0.1) is 0 Å². The first-order chi connectivity index (χ1) is 10.1. The maximum Gasteiger partial charge on any atom is 0.228 e. The Hall–Kier alpha value is -2.76. The predicted octanol–water partition coefficient (Wildman–Crippen LogP) is 1.86. The molecule has 0 atom stereocenters. The average molecular weight is 287 g/mol. The number of nitrogens with one attached hydrogen (secondary N) is 1. The van der Waals surface area contributed by atoms with Gasteiger partial charge in [0.25, 0.3) is 0 Å². The Kier molecular flexibility index (Phi) is 4.61. The number of anilines is 2. The van der Waals surface area contributed by atoms with E-state index in [-0.39, 0.29) is 12.3 Å². The molecule has 1 heterocycles. The van der Waals surface area contributed by atoms with Crippen LogP contribution in [-0.2, 0) is 11.2 Å². The highest BCUT2D eigenvalue weighted by molar-refractivity contribution is 5.92. The molecular weight excluding hydrogens is 270 g/mol. The van der Waals surface area contributed by atoms with E-state index < -0.39 is 0 Å². The molecule has 0 saturated heterocycles. The number of nitrogen functional groups attached to an aromatic ring is 1. The van der Waals surface area contributed by atoms with Crippen molar-refractivity contribution in [1.82, 2.24) is 4.98 Å². The third-order valence-electron chi connectivity index (χ3n) is 2.88. The normalized spacial score (nSPS) is 10.0. The molecule has 1 amide bonds. The lowest BCUT2D eigenvalue weighted by Gasteiger charge is -2.10. The van der Waals surface area contributed by atoms with Gasteiger partial charge in [-0.25, -0.2) is 4.98 Å². The quantitative estimate of drug-likeness (QED) is 0.876. The van der Waals surface area contributed by atoms with E-state index in [4.69, 9.17) is 15.2 Å². The third kappa shape index (κ3) is 3.85. The molecule has 0 bridgehead atoms. The van der Waals surface area contributed by atoms with Crippen LogP contribution in [0.2, 0.25) is 0 Å². The minimum atomic E-state index is -0.145. The summed E-state index contributed by atoms with van der Waals surface area (Å²) in [5, 5.41) is 2.75. The number of nitrogens with zero attached hydrogens (tertiary/aromatic N) is 1. The van der Waals surface area contributed by atoms with Crippen LogP contribution in [-0.4, -0.2) is 25.1 Å². The lowest BCUT2D eigenvalue weighted by atomic mass is 10.1. The Labute approximate surface area is 122 Å². The first kappa shape index (κ1) is 14.6. The second-order valence-corrected chi connectivity index (χ2v) is 4.39. The Morgan fingerprint density at radius 2 is 1.95 bits per heavy atom. The number of carbonyl (C=O) groups excluding carboxylic acids is 1. The summed E-state index contributed by atoms with van der Waals surface area (Å²) >= 11 is 0. The van der Waals surface area contributed by atoms with Crippen LogP contribution in [0.1, 0.15) is 5.56 Å². The Balaban J connectivity index is 2.04. The monoisotopic (exact) mass is 287 g/mol. The van der Waals surface area contributed by atoms with Crippen LogP contribution >= 0.6 is 0 Å². The number of benzene rings is 1. The molecule has 0 aliphatic rings. The average Bonchev–Trinajstić information content (AvgIpc) is 2.49. The molecule has 1 aromatic heterocycles. The van der Waals surface area contributed by atoms with E-state index in [0.29, 0.717) is 23.0 Å². The van der Waals surface area contributed by atoms with Crippen molar-refractivity contribution in [3.63, 3.8) is 0 Å². The van der Waals surface area contributed by atoms with Gasteiger partial charge in [-0.1, -0.05) is 6.07 Å². The van der Waals surface area contributed by atoms with Crippen LogP contribution < -0.4 is 20.5 Å². The third-order valence-corrected chi connectivity index (χ3v) is 2.88. The van der Waals surface area contributed by atoms with Gasteiger partial charge in [-0.2, -0.15) is 0 Å². The molecule has 0 unspecified atom stereocenters. The van der Waals surface area contributed by atoms with Crippen molar-refractivity contribution >= 4 is 17.4 Å². The molecule has 1 aromatic carbocycles. The van der Waals surface area contributed by atoms with Crippen molar-refractivity contribution in [2.45, 2.75) is 6.42 Å². The minimum absolute atomic E-state index is 0.145.